The molecule has 1 atom stereocenters. The Balaban J connectivity index is 2.45. The standard InChI is InChI=1S/C16H24N6O2/c1-7-8-20-14(23)12-13(19(6)16(20)24)17-15-21(12)11(5)10(4)18-22(15)9(2)3/h9,11H,7-8H2,1-6H3/t11-/m0/s1. The van der Waals surface area contributed by atoms with E-state index in [1.165, 1.54) is 9.13 Å². The van der Waals surface area contributed by atoms with Gasteiger partial charge in [-0.15, -0.1) is 0 Å². The van der Waals surface area contributed by atoms with Crippen LogP contribution in [0.15, 0.2) is 14.7 Å². The number of imidazole rings is 1. The van der Waals surface area contributed by atoms with Gasteiger partial charge in [-0.3, -0.25) is 18.5 Å². The largest absolute Gasteiger partial charge is 0.332 e. The first-order valence-electron chi connectivity index (χ1n) is 8.35. The quantitative estimate of drug-likeness (QED) is 0.853. The van der Waals surface area contributed by atoms with Crippen molar-refractivity contribution in [2.45, 2.75) is 59.7 Å². The highest BCUT2D eigenvalue weighted by Gasteiger charge is 2.31. The fourth-order valence-corrected chi connectivity index (χ4v) is 3.11. The first-order valence-corrected chi connectivity index (χ1v) is 8.35. The van der Waals surface area contributed by atoms with Crippen LogP contribution in [0.3, 0.4) is 0 Å². The molecule has 3 rings (SSSR count). The normalized spacial score (nSPS) is 17.5. The van der Waals surface area contributed by atoms with Crippen LogP contribution in [0.5, 0.6) is 0 Å². The van der Waals surface area contributed by atoms with Crippen molar-refractivity contribution in [1.29, 1.82) is 0 Å². The molecule has 24 heavy (non-hydrogen) atoms. The van der Waals surface area contributed by atoms with E-state index < -0.39 is 0 Å². The minimum atomic E-state index is -0.328. The highest BCUT2D eigenvalue weighted by molar-refractivity contribution is 5.91. The lowest BCUT2D eigenvalue weighted by atomic mass is 10.2. The van der Waals surface area contributed by atoms with Gasteiger partial charge in [-0.25, -0.2) is 9.80 Å². The SMILES string of the molecule is CCCn1c(=O)c2c(nc3n2[C@@H](C)C(C)=NN3C(C)C)n(C)c1=O. The van der Waals surface area contributed by atoms with Crippen molar-refractivity contribution >= 4 is 22.8 Å². The molecule has 0 aliphatic carbocycles. The van der Waals surface area contributed by atoms with Gasteiger partial charge in [0.05, 0.1) is 17.8 Å². The number of hydrogen-bond acceptors (Lipinski definition) is 5. The lowest BCUT2D eigenvalue weighted by Crippen LogP contribution is -2.40. The maximum absolute atomic E-state index is 13.0. The summed E-state index contributed by atoms with van der Waals surface area (Å²) in [6.45, 7) is 10.3. The molecular formula is C16H24N6O2. The average Bonchev–Trinajstić information content (AvgIpc) is 2.93. The third-order valence-electron chi connectivity index (χ3n) is 4.56. The van der Waals surface area contributed by atoms with Gasteiger partial charge in [0.1, 0.15) is 0 Å². The number of hydrogen-bond donors (Lipinski definition) is 0. The van der Waals surface area contributed by atoms with Crippen molar-refractivity contribution in [3.05, 3.63) is 20.8 Å². The monoisotopic (exact) mass is 332 g/mol. The fourth-order valence-electron chi connectivity index (χ4n) is 3.11. The number of rotatable bonds is 3. The third-order valence-corrected chi connectivity index (χ3v) is 4.56. The van der Waals surface area contributed by atoms with Gasteiger partial charge in [0, 0.05) is 13.6 Å². The van der Waals surface area contributed by atoms with Gasteiger partial charge in [0.15, 0.2) is 11.2 Å². The molecule has 1 aliphatic rings. The van der Waals surface area contributed by atoms with Gasteiger partial charge in [-0.2, -0.15) is 10.1 Å². The molecule has 130 valence electrons. The second-order valence-electron chi connectivity index (χ2n) is 6.61. The molecule has 0 aromatic carbocycles. The molecule has 8 nitrogen and oxygen atoms in total. The summed E-state index contributed by atoms with van der Waals surface area (Å²) in [6, 6.07) is 0.0122. The van der Waals surface area contributed by atoms with Crippen molar-refractivity contribution in [2.75, 3.05) is 5.01 Å². The van der Waals surface area contributed by atoms with Crippen LogP contribution in [0.4, 0.5) is 5.95 Å². The predicted molar refractivity (Wildman–Crippen MR) is 95.0 cm³/mol. The van der Waals surface area contributed by atoms with Gasteiger partial charge >= 0.3 is 5.69 Å². The number of aromatic nitrogens is 4. The van der Waals surface area contributed by atoms with Crippen LogP contribution in [-0.4, -0.2) is 30.4 Å². The Bertz CT molecular complexity index is 946. The Hall–Kier alpha value is -2.38. The molecule has 0 radical (unpaired) electrons. The maximum Gasteiger partial charge on any atom is 0.332 e. The van der Waals surface area contributed by atoms with Gasteiger partial charge in [-0.05, 0) is 34.1 Å². The van der Waals surface area contributed by atoms with Crippen LogP contribution in [0.1, 0.15) is 47.1 Å². The van der Waals surface area contributed by atoms with Gasteiger partial charge in [0.2, 0.25) is 5.95 Å². The van der Waals surface area contributed by atoms with Crippen molar-refractivity contribution in [2.24, 2.45) is 12.1 Å². The fraction of sp³-hybridized carbons (Fsp3) is 0.625. The number of hydrazone groups is 1. The van der Waals surface area contributed by atoms with Crippen LogP contribution in [0.25, 0.3) is 11.2 Å². The molecular weight excluding hydrogens is 308 g/mol. The number of anilines is 1. The van der Waals surface area contributed by atoms with E-state index in [4.69, 9.17) is 0 Å². The first kappa shape index (κ1) is 16.5. The summed E-state index contributed by atoms with van der Waals surface area (Å²) in [5.74, 6) is 0.611. The lowest BCUT2D eigenvalue weighted by Gasteiger charge is -2.31. The Morgan fingerprint density at radius 2 is 1.92 bits per heavy atom. The Labute approximate surface area is 140 Å². The molecule has 0 fully saturated rings. The minimum absolute atomic E-state index is 0.0831. The molecule has 0 saturated heterocycles. The second-order valence-corrected chi connectivity index (χ2v) is 6.61. The van der Waals surface area contributed by atoms with Gasteiger partial charge < -0.3 is 0 Å². The summed E-state index contributed by atoms with van der Waals surface area (Å²) >= 11 is 0. The summed E-state index contributed by atoms with van der Waals surface area (Å²) < 4.78 is 4.66. The lowest BCUT2D eigenvalue weighted by molar-refractivity contribution is 0.581. The van der Waals surface area contributed by atoms with Crippen molar-refractivity contribution in [3.63, 3.8) is 0 Å². The average molecular weight is 332 g/mol. The molecule has 0 N–H and O–H groups in total. The summed E-state index contributed by atoms with van der Waals surface area (Å²) in [5, 5.41) is 6.42. The van der Waals surface area contributed by atoms with Gasteiger partial charge in [0.25, 0.3) is 5.56 Å². The number of aryl methyl sites for hydroxylation is 1. The van der Waals surface area contributed by atoms with Crippen LogP contribution < -0.4 is 16.3 Å². The molecule has 1 aliphatic heterocycles. The summed E-state index contributed by atoms with van der Waals surface area (Å²) in [6.07, 6.45) is 0.718. The Morgan fingerprint density at radius 3 is 2.50 bits per heavy atom. The van der Waals surface area contributed by atoms with E-state index in [0.717, 1.165) is 12.1 Å². The number of nitrogens with zero attached hydrogens (tertiary/aromatic N) is 6. The smallest absolute Gasteiger partial charge is 0.294 e. The molecule has 2 aromatic rings. The van der Waals surface area contributed by atoms with Crippen LogP contribution in [-0.2, 0) is 13.6 Å². The predicted octanol–water partition coefficient (Wildman–Crippen LogP) is 1.47. The Morgan fingerprint density at radius 1 is 1.25 bits per heavy atom. The Kier molecular flexibility index (Phi) is 3.85. The van der Waals surface area contributed by atoms with E-state index in [1.807, 2.05) is 44.2 Å². The molecule has 0 bridgehead atoms. The summed E-state index contributed by atoms with van der Waals surface area (Å²) in [4.78, 5) is 30.1. The van der Waals surface area contributed by atoms with Crippen molar-refractivity contribution in [1.82, 2.24) is 18.7 Å². The van der Waals surface area contributed by atoms with Crippen LogP contribution >= 0.6 is 0 Å². The third kappa shape index (κ3) is 2.12. The van der Waals surface area contributed by atoms with Crippen LogP contribution in [0.2, 0.25) is 0 Å². The molecule has 8 heteroatoms. The minimum Gasteiger partial charge on any atom is -0.294 e. The van der Waals surface area contributed by atoms with E-state index in [1.54, 1.807) is 7.05 Å². The van der Waals surface area contributed by atoms with Gasteiger partial charge in [-0.1, -0.05) is 6.92 Å². The first-order chi connectivity index (χ1) is 11.3. The molecule has 3 heterocycles. The molecule has 2 aromatic heterocycles. The van der Waals surface area contributed by atoms with Crippen molar-refractivity contribution < 1.29 is 0 Å². The maximum atomic E-state index is 13.0. The molecule has 0 saturated carbocycles. The van der Waals surface area contributed by atoms with E-state index in [0.29, 0.717) is 23.7 Å². The zero-order chi connectivity index (χ0) is 17.8. The zero-order valence-corrected chi connectivity index (χ0v) is 15.1. The van der Waals surface area contributed by atoms with Crippen LogP contribution in [0, 0.1) is 0 Å². The number of fused-ring (bicyclic) bond motifs is 3. The second kappa shape index (κ2) is 5.61. The van der Waals surface area contributed by atoms with E-state index >= 15 is 0 Å². The van der Waals surface area contributed by atoms with E-state index in [9.17, 15) is 9.59 Å². The topological polar surface area (TPSA) is 77.4 Å². The molecule has 0 unspecified atom stereocenters. The highest BCUT2D eigenvalue weighted by Crippen LogP contribution is 2.30. The summed E-state index contributed by atoms with van der Waals surface area (Å²) in [7, 11) is 1.66. The zero-order valence-electron chi connectivity index (χ0n) is 15.1. The molecule has 0 amide bonds. The van der Waals surface area contributed by atoms with E-state index in [-0.39, 0.29) is 23.3 Å². The van der Waals surface area contributed by atoms with E-state index in [2.05, 4.69) is 10.1 Å². The molecule has 0 spiro atoms. The summed E-state index contributed by atoms with van der Waals surface area (Å²) in [5.41, 5.74) is 1.18. The highest BCUT2D eigenvalue weighted by atomic mass is 16.2. The van der Waals surface area contributed by atoms with Crippen molar-refractivity contribution in [3.8, 4) is 0 Å².